The first-order chi connectivity index (χ1) is 17.2. The molecule has 0 N–H and O–H groups in total. The molecule has 7 heteroatoms. The average molecular weight is 498 g/mol. The maximum atomic E-state index is 15.2. The first kappa shape index (κ1) is 25.4. The van der Waals surface area contributed by atoms with Gasteiger partial charge in [0.2, 0.25) is 0 Å². The maximum Gasteiger partial charge on any atom is 0.422 e. The zero-order valence-corrected chi connectivity index (χ0v) is 19.4. The van der Waals surface area contributed by atoms with E-state index in [4.69, 9.17) is 0 Å². The van der Waals surface area contributed by atoms with Gasteiger partial charge in [-0.15, -0.1) is 6.58 Å². The highest BCUT2D eigenvalue weighted by atomic mass is 19.4. The van der Waals surface area contributed by atoms with Crippen LogP contribution in [-0.4, -0.2) is 17.8 Å². The molecular weight excluding hydrogens is 473 g/mol. The Morgan fingerprint density at radius 1 is 0.861 bits per heavy atom. The topological polar surface area (TPSA) is 22.1 Å². The number of ether oxygens (including phenoxy) is 1. The van der Waals surface area contributed by atoms with Crippen LogP contribution in [0.15, 0.2) is 79.5 Å². The standard InChI is InChI=1S/C29H24F5NO/c1-2-3-4-20-6-13-26(35-17-20)23-11-12-24-22(16-23)10-9-21(28(24)31)8-5-19-7-14-27(25(30)15-19)36-18-29(32,33)34/h2,6-7,9-17H,1,3-5,8,18H2. The molecule has 0 amide bonds. The smallest absolute Gasteiger partial charge is 0.422 e. The zero-order valence-electron chi connectivity index (χ0n) is 19.4. The number of rotatable bonds is 9. The van der Waals surface area contributed by atoms with Gasteiger partial charge >= 0.3 is 6.18 Å². The molecule has 0 saturated heterocycles. The summed E-state index contributed by atoms with van der Waals surface area (Å²) >= 11 is 0. The highest BCUT2D eigenvalue weighted by molar-refractivity contribution is 5.88. The van der Waals surface area contributed by atoms with Gasteiger partial charge in [0.05, 0.1) is 5.69 Å². The van der Waals surface area contributed by atoms with E-state index in [-0.39, 0.29) is 5.82 Å². The molecule has 0 bridgehead atoms. The second-order valence-electron chi connectivity index (χ2n) is 8.52. The van der Waals surface area contributed by atoms with Gasteiger partial charge in [-0.3, -0.25) is 4.98 Å². The first-order valence-corrected chi connectivity index (χ1v) is 11.5. The van der Waals surface area contributed by atoms with Crippen molar-refractivity contribution in [3.8, 4) is 17.0 Å². The molecule has 0 aliphatic heterocycles. The van der Waals surface area contributed by atoms with E-state index in [1.165, 1.54) is 6.07 Å². The number of nitrogens with zero attached hydrogens (tertiary/aromatic N) is 1. The van der Waals surface area contributed by atoms with Crippen molar-refractivity contribution in [3.05, 3.63) is 108 Å². The zero-order chi connectivity index (χ0) is 25.7. The lowest BCUT2D eigenvalue weighted by atomic mass is 9.98. The van der Waals surface area contributed by atoms with E-state index >= 15 is 4.39 Å². The fourth-order valence-electron chi connectivity index (χ4n) is 3.96. The van der Waals surface area contributed by atoms with Gasteiger partial charge < -0.3 is 4.74 Å². The van der Waals surface area contributed by atoms with E-state index < -0.39 is 24.3 Å². The molecule has 0 radical (unpaired) electrons. The van der Waals surface area contributed by atoms with Crippen LogP contribution in [0.25, 0.3) is 22.0 Å². The summed E-state index contributed by atoms with van der Waals surface area (Å²) in [5.41, 5.74) is 3.81. The lowest BCUT2D eigenvalue weighted by Gasteiger charge is -2.11. The van der Waals surface area contributed by atoms with Gasteiger partial charge in [-0.2, -0.15) is 13.2 Å². The second kappa shape index (κ2) is 10.9. The number of allylic oxidation sites excluding steroid dienone is 1. The predicted octanol–water partition coefficient (Wildman–Crippen LogP) is 8.02. The molecule has 2 nitrogen and oxygen atoms in total. The molecule has 0 aliphatic carbocycles. The summed E-state index contributed by atoms with van der Waals surface area (Å²) < 4.78 is 70.7. The van der Waals surface area contributed by atoms with Crippen molar-refractivity contribution >= 4 is 10.8 Å². The summed E-state index contributed by atoms with van der Waals surface area (Å²) in [6.07, 6.45) is 1.54. The SMILES string of the molecule is C=CCCc1ccc(-c2ccc3c(F)c(CCc4ccc(OCC(F)(F)F)c(F)c4)ccc3c2)nc1. The van der Waals surface area contributed by atoms with Crippen LogP contribution >= 0.6 is 0 Å². The lowest BCUT2D eigenvalue weighted by Crippen LogP contribution is -2.19. The summed E-state index contributed by atoms with van der Waals surface area (Å²) in [6.45, 7) is 2.16. The monoisotopic (exact) mass is 497 g/mol. The summed E-state index contributed by atoms with van der Waals surface area (Å²) in [5.74, 6) is -1.70. The van der Waals surface area contributed by atoms with E-state index in [0.717, 1.165) is 47.2 Å². The second-order valence-corrected chi connectivity index (χ2v) is 8.52. The van der Waals surface area contributed by atoms with Crippen LogP contribution in [0.1, 0.15) is 23.1 Å². The molecule has 3 aromatic carbocycles. The minimum Gasteiger partial charge on any atom is -0.481 e. The van der Waals surface area contributed by atoms with Gasteiger partial charge in [-0.05, 0) is 72.0 Å². The third-order valence-electron chi connectivity index (χ3n) is 5.86. The summed E-state index contributed by atoms with van der Waals surface area (Å²) in [4.78, 5) is 4.53. The Labute approximate surface area is 206 Å². The van der Waals surface area contributed by atoms with Gasteiger partial charge in [0.15, 0.2) is 18.2 Å². The number of pyridine rings is 1. The lowest BCUT2D eigenvalue weighted by molar-refractivity contribution is -0.153. The Hall–Kier alpha value is -3.74. The minimum absolute atomic E-state index is 0.305. The molecular formula is C29H24F5NO. The number of fused-ring (bicyclic) bond motifs is 1. The van der Waals surface area contributed by atoms with Crippen LogP contribution in [-0.2, 0) is 19.3 Å². The number of aryl methyl sites for hydroxylation is 3. The van der Waals surface area contributed by atoms with Crippen LogP contribution in [0, 0.1) is 11.6 Å². The quantitative estimate of drug-likeness (QED) is 0.173. The van der Waals surface area contributed by atoms with Crippen LogP contribution in [0.5, 0.6) is 5.75 Å². The summed E-state index contributed by atoms with van der Waals surface area (Å²) in [6, 6.07) is 16.7. The molecule has 4 aromatic rings. The third kappa shape index (κ3) is 6.27. The minimum atomic E-state index is -4.55. The number of hydrogen-bond acceptors (Lipinski definition) is 2. The van der Waals surface area contributed by atoms with Crippen LogP contribution in [0.4, 0.5) is 22.0 Å². The molecule has 1 aromatic heterocycles. The van der Waals surface area contributed by atoms with Crippen molar-refractivity contribution in [2.75, 3.05) is 6.61 Å². The van der Waals surface area contributed by atoms with E-state index in [9.17, 15) is 17.6 Å². The van der Waals surface area contributed by atoms with Gasteiger partial charge in [0.25, 0.3) is 0 Å². The highest BCUT2D eigenvalue weighted by Gasteiger charge is 2.29. The number of alkyl halides is 3. The molecule has 0 atom stereocenters. The van der Waals surface area contributed by atoms with Crippen molar-refractivity contribution in [2.24, 2.45) is 0 Å². The molecule has 0 fully saturated rings. The molecule has 0 aliphatic rings. The maximum absolute atomic E-state index is 15.2. The molecule has 0 spiro atoms. The predicted molar refractivity (Wildman–Crippen MR) is 131 cm³/mol. The van der Waals surface area contributed by atoms with Crippen LogP contribution in [0.3, 0.4) is 0 Å². The van der Waals surface area contributed by atoms with Gasteiger partial charge in [-0.1, -0.05) is 42.5 Å². The largest absolute Gasteiger partial charge is 0.481 e. The Kier molecular flexibility index (Phi) is 7.67. The summed E-state index contributed by atoms with van der Waals surface area (Å²) in [7, 11) is 0. The Morgan fingerprint density at radius 2 is 1.67 bits per heavy atom. The van der Waals surface area contributed by atoms with Crippen LogP contribution in [0.2, 0.25) is 0 Å². The van der Waals surface area contributed by atoms with Crippen molar-refractivity contribution in [3.63, 3.8) is 0 Å². The van der Waals surface area contributed by atoms with Crippen molar-refractivity contribution in [1.82, 2.24) is 4.98 Å². The fraction of sp³-hybridized carbons (Fsp3) is 0.207. The van der Waals surface area contributed by atoms with E-state index in [2.05, 4.69) is 16.3 Å². The van der Waals surface area contributed by atoms with E-state index in [0.29, 0.717) is 29.4 Å². The van der Waals surface area contributed by atoms with E-state index in [1.807, 2.05) is 42.6 Å². The molecule has 4 rings (SSSR count). The fourth-order valence-corrected chi connectivity index (χ4v) is 3.96. The molecule has 0 unspecified atom stereocenters. The van der Waals surface area contributed by atoms with Crippen LogP contribution < -0.4 is 4.74 Å². The Morgan fingerprint density at radius 3 is 2.36 bits per heavy atom. The number of hydrogen-bond donors (Lipinski definition) is 0. The van der Waals surface area contributed by atoms with Gasteiger partial charge in [0.1, 0.15) is 5.82 Å². The van der Waals surface area contributed by atoms with Gasteiger partial charge in [-0.25, -0.2) is 8.78 Å². The normalized spacial score (nSPS) is 11.6. The average Bonchev–Trinajstić information content (AvgIpc) is 2.86. The number of benzene rings is 3. The van der Waals surface area contributed by atoms with Gasteiger partial charge in [0, 0.05) is 17.1 Å². The molecule has 36 heavy (non-hydrogen) atoms. The highest BCUT2D eigenvalue weighted by Crippen LogP contribution is 2.28. The number of halogens is 5. The summed E-state index contributed by atoms with van der Waals surface area (Å²) in [5, 5.41) is 1.21. The molecule has 1 heterocycles. The van der Waals surface area contributed by atoms with E-state index in [1.54, 1.807) is 12.1 Å². The van der Waals surface area contributed by atoms with Crippen molar-refractivity contribution < 1.29 is 26.7 Å². The first-order valence-electron chi connectivity index (χ1n) is 11.5. The number of aromatic nitrogens is 1. The molecule has 0 saturated carbocycles. The third-order valence-corrected chi connectivity index (χ3v) is 5.86. The Bertz CT molecular complexity index is 1360. The van der Waals surface area contributed by atoms with Crippen molar-refractivity contribution in [1.29, 1.82) is 0 Å². The Balaban J connectivity index is 1.46. The van der Waals surface area contributed by atoms with Crippen molar-refractivity contribution in [2.45, 2.75) is 31.9 Å². The molecule has 186 valence electrons.